The summed E-state index contributed by atoms with van der Waals surface area (Å²) in [6.07, 6.45) is 1.83. The molecule has 0 fully saturated rings. The summed E-state index contributed by atoms with van der Waals surface area (Å²) in [4.78, 5) is 19.1. The first-order chi connectivity index (χ1) is 14.5. The van der Waals surface area contributed by atoms with Gasteiger partial charge in [0.1, 0.15) is 17.8 Å². The predicted octanol–water partition coefficient (Wildman–Crippen LogP) is 2.68. The molecule has 0 radical (unpaired) electrons. The smallest absolute Gasteiger partial charge is 0.256 e. The van der Waals surface area contributed by atoms with Gasteiger partial charge in [0.25, 0.3) is 5.91 Å². The fraction of sp³-hybridized carbons (Fsp3) is 0.304. The standard InChI is InChI=1S/C23H25N3O4/c1-26(2)23(28)15-6-4-14(5-7-15)22(27)25-20-12-18-19(29-3)9-8-17(21(18)24-20)16-10-11-30-13-16/h4-10,23,28H,11-13H2,1-3H3,(H,24,25,27). The minimum absolute atomic E-state index is 0.239. The molecule has 1 atom stereocenters. The zero-order valence-electron chi connectivity index (χ0n) is 17.3. The fourth-order valence-corrected chi connectivity index (χ4v) is 3.66. The lowest BCUT2D eigenvalue weighted by Gasteiger charge is -2.18. The molecule has 2 N–H and O–H groups in total. The number of methoxy groups -OCH3 is 1. The molecule has 4 rings (SSSR count). The van der Waals surface area contributed by atoms with Crippen LogP contribution in [0.2, 0.25) is 0 Å². The number of carbonyl (C=O) groups is 1. The van der Waals surface area contributed by atoms with E-state index >= 15 is 0 Å². The first kappa shape index (κ1) is 20.3. The number of amidine groups is 1. The Bertz CT molecular complexity index is 1030. The number of amides is 1. The van der Waals surface area contributed by atoms with Crippen molar-refractivity contribution in [3.63, 3.8) is 0 Å². The zero-order chi connectivity index (χ0) is 21.3. The van der Waals surface area contributed by atoms with Gasteiger partial charge in [-0.25, -0.2) is 4.99 Å². The Morgan fingerprint density at radius 1 is 1.23 bits per heavy atom. The summed E-state index contributed by atoms with van der Waals surface area (Å²) in [6, 6.07) is 10.8. The van der Waals surface area contributed by atoms with Gasteiger partial charge in [-0.05, 0) is 49.5 Å². The van der Waals surface area contributed by atoms with Crippen LogP contribution >= 0.6 is 0 Å². The number of nitrogens with zero attached hydrogens (tertiary/aromatic N) is 2. The number of benzene rings is 2. The topological polar surface area (TPSA) is 83.4 Å². The first-order valence-corrected chi connectivity index (χ1v) is 9.78. The van der Waals surface area contributed by atoms with Crippen molar-refractivity contribution in [3.05, 3.63) is 64.7 Å². The van der Waals surface area contributed by atoms with Crippen molar-refractivity contribution in [2.24, 2.45) is 4.99 Å². The number of aliphatic imine (C=N–C) groups is 1. The van der Waals surface area contributed by atoms with Crippen LogP contribution in [-0.2, 0) is 11.2 Å². The van der Waals surface area contributed by atoms with Crippen LogP contribution in [0.1, 0.15) is 33.3 Å². The molecule has 0 aliphatic carbocycles. The zero-order valence-corrected chi connectivity index (χ0v) is 17.3. The van der Waals surface area contributed by atoms with E-state index in [2.05, 4.69) is 11.4 Å². The van der Waals surface area contributed by atoms with Crippen LogP contribution in [0.5, 0.6) is 5.75 Å². The highest BCUT2D eigenvalue weighted by Gasteiger charge is 2.25. The van der Waals surface area contributed by atoms with E-state index in [1.165, 1.54) is 0 Å². The average Bonchev–Trinajstić information content (AvgIpc) is 3.42. The van der Waals surface area contributed by atoms with Crippen LogP contribution in [0.25, 0.3) is 5.57 Å². The third-order valence-electron chi connectivity index (χ3n) is 5.32. The fourth-order valence-electron chi connectivity index (χ4n) is 3.66. The van der Waals surface area contributed by atoms with Crippen LogP contribution in [0.15, 0.2) is 47.5 Å². The SMILES string of the molecule is COc1ccc(C2=CCOC2)c2c1CC(NC(=O)c1ccc(C(O)N(C)C)cc1)=N2. The lowest BCUT2D eigenvalue weighted by molar-refractivity contribution is 0.0395. The van der Waals surface area contributed by atoms with Crippen molar-refractivity contribution in [2.45, 2.75) is 12.6 Å². The Balaban J connectivity index is 1.54. The highest BCUT2D eigenvalue weighted by molar-refractivity contribution is 6.10. The van der Waals surface area contributed by atoms with E-state index in [0.717, 1.165) is 33.7 Å². The number of aliphatic hydroxyl groups excluding tert-OH is 1. The minimum atomic E-state index is -0.712. The van der Waals surface area contributed by atoms with Gasteiger partial charge in [-0.1, -0.05) is 18.2 Å². The molecule has 156 valence electrons. The van der Waals surface area contributed by atoms with Gasteiger partial charge in [0.05, 0.1) is 26.0 Å². The monoisotopic (exact) mass is 407 g/mol. The number of aliphatic hydroxyl groups is 1. The van der Waals surface area contributed by atoms with E-state index in [4.69, 9.17) is 14.5 Å². The summed E-state index contributed by atoms with van der Waals surface area (Å²) in [5.74, 6) is 1.09. The number of rotatable bonds is 5. The predicted molar refractivity (Wildman–Crippen MR) is 115 cm³/mol. The molecule has 7 heteroatoms. The Morgan fingerprint density at radius 2 is 2.00 bits per heavy atom. The number of nitrogens with one attached hydrogen (secondary N) is 1. The first-order valence-electron chi connectivity index (χ1n) is 9.78. The Labute approximate surface area is 175 Å². The molecule has 2 aliphatic heterocycles. The maximum Gasteiger partial charge on any atom is 0.256 e. The second kappa shape index (κ2) is 8.39. The van der Waals surface area contributed by atoms with Gasteiger partial charge >= 0.3 is 0 Å². The summed E-state index contributed by atoms with van der Waals surface area (Å²) in [5, 5.41) is 13.0. The summed E-state index contributed by atoms with van der Waals surface area (Å²) in [7, 11) is 5.21. The highest BCUT2D eigenvalue weighted by atomic mass is 16.5. The van der Waals surface area contributed by atoms with Gasteiger partial charge in [-0.2, -0.15) is 0 Å². The average molecular weight is 407 g/mol. The molecule has 0 bridgehead atoms. The third-order valence-corrected chi connectivity index (χ3v) is 5.32. The molecular formula is C23H25N3O4. The van der Waals surface area contributed by atoms with Crippen molar-refractivity contribution < 1.29 is 19.4 Å². The quantitative estimate of drug-likeness (QED) is 0.745. The van der Waals surface area contributed by atoms with E-state index in [0.29, 0.717) is 31.0 Å². The molecule has 2 aromatic carbocycles. The van der Waals surface area contributed by atoms with Crippen molar-refractivity contribution in [3.8, 4) is 5.75 Å². The molecule has 0 saturated carbocycles. The van der Waals surface area contributed by atoms with Crippen LogP contribution in [0.4, 0.5) is 5.69 Å². The lowest BCUT2D eigenvalue weighted by atomic mass is 10.00. The van der Waals surface area contributed by atoms with E-state index in [9.17, 15) is 9.90 Å². The summed E-state index contributed by atoms with van der Waals surface area (Å²) < 4.78 is 11.0. The molecule has 0 spiro atoms. The second-order valence-corrected chi connectivity index (χ2v) is 7.54. The molecule has 0 saturated heterocycles. The summed E-state index contributed by atoms with van der Waals surface area (Å²) in [5.41, 5.74) is 5.12. The van der Waals surface area contributed by atoms with Crippen molar-refractivity contribution >= 4 is 23.0 Å². The summed E-state index contributed by atoms with van der Waals surface area (Å²) in [6.45, 7) is 1.16. The molecule has 30 heavy (non-hydrogen) atoms. The largest absolute Gasteiger partial charge is 0.496 e. The molecule has 0 aromatic heterocycles. The van der Waals surface area contributed by atoms with Crippen molar-refractivity contribution in [2.75, 3.05) is 34.4 Å². The Morgan fingerprint density at radius 3 is 2.63 bits per heavy atom. The Kier molecular flexibility index (Phi) is 5.67. The number of carbonyl (C=O) groups excluding carboxylic acids is 1. The number of ether oxygens (including phenoxy) is 2. The van der Waals surface area contributed by atoms with Crippen LogP contribution in [-0.4, -0.2) is 56.2 Å². The van der Waals surface area contributed by atoms with Gasteiger partial charge in [0.15, 0.2) is 0 Å². The van der Waals surface area contributed by atoms with Gasteiger partial charge in [-0.15, -0.1) is 0 Å². The van der Waals surface area contributed by atoms with E-state index in [-0.39, 0.29) is 5.91 Å². The van der Waals surface area contributed by atoms with E-state index in [1.54, 1.807) is 50.4 Å². The number of fused-ring (bicyclic) bond motifs is 1. The lowest BCUT2D eigenvalue weighted by Crippen LogP contribution is -2.30. The molecule has 1 amide bonds. The van der Waals surface area contributed by atoms with Crippen molar-refractivity contribution in [1.29, 1.82) is 0 Å². The van der Waals surface area contributed by atoms with E-state index in [1.807, 2.05) is 12.1 Å². The Hall–Kier alpha value is -3.00. The van der Waals surface area contributed by atoms with Crippen LogP contribution < -0.4 is 10.1 Å². The second-order valence-electron chi connectivity index (χ2n) is 7.54. The molecule has 2 heterocycles. The maximum atomic E-state index is 12.7. The normalized spacial score (nSPS) is 16.2. The van der Waals surface area contributed by atoms with Gasteiger partial charge in [0, 0.05) is 23.1 Å². The minimum Gasteiger partial charge on any atom is -0.496 e. The maximum absolute atomic E-state index is 12.7. The number of hydrogen-bond acceptors (Lipinski definition) is 6. The van der Waals surface area contributed by atoms with Crippen molar-refractivity contribution in [1.82, 2.24) is 10.2 Å². The van der Waals surface area contributed by atoms with Gasteiger partial charge in [-0.3, -0.25) is 9.69 Å². The number of hydrogen-bond donors (Lipinski definition) is 2. The van der Waals surface area contributed by atoms with Gasteiger partial charge in [0.2, 0.25) is 0 Å². The third kappa shape index (κ3) is 3.87. The molecule has 2 aromatic rings. The molecule has 1 unspecified atom stereocenters. The van der Waals surface area contributed by atoms with Crippen LogP contribution in [0, 0.1) is 0 Å². The summed E-state index contributed by atoms with van der Waals surface area (Å²) >= 11 is 0. The molecular weight excluding hydrogens is 382 g/mol. The van der Waals surface area contributed by atoms with Gasteiger partial charge < -0.3 is 19.9 Å². The highest BCUT2D eigenvalue weighted by Crippen LogP contribution is 2.40. The molecule has 7 nitrogen and oxygen atoms in total. The van der Waals surface area contributed by atoms with E-state index < -0.39 is 6.23 Å². The van der Waals surface area contributed by atoms with Crippen LogP contribution in [0.3, 0.4) is 0 Å². The molecule has 2 aliphatic rings.